The van der Waals surface area contributed by atoms with Crippen LogP contribution in [0, 0.1) is 13.8 Å². The second-order valence-electron chi connectivity index (χ2n) is 6.28. The largest absolute Gasteiger partial charge is 0.321 e. The first-order valence-electron chi connectivity index (χ1n) is 7.82. The quantitative estimate of drug-likeness (QED) is 0.896. The van der Waals surface area contributed by atoms with Crippen molar-refractivity contribution in [3.05, 3.63) is 51.2 Å². The van der Waals surface area contributed by atoms with Crippen molar-refractivity contribution in [3.63, 3.8) is 0 Å². The molecule has 3 nitrogen and oxygen atoms in total. The van der Waals surface area contributed by atoms with Crippen LogP contribution in [0.4, 0.5) is 5.69 Å². The maximum Gasteiger partial charge on any atom is 0.279 e. The number of quaternary nitrogens is 1. The number of amides is 1. The molecular formula is C18H23N2OS+. The molecule has 4 heteroatoms. The van der Waals surface area contributed by atoms with Gasteiger partial charge in [-0.2, -0.15) is 0 Å². The van der Waals surface area contributed by atoms with E-state index >= 15 is 0 Å². The smallest absolute Gasteiger partial charge is 0.279 e. The van der Waals surface area contributed by atoms with Gasteiger partial charge in [-0.05, 0) is 55.5 Å². The Balaban J connectivity index is 1.65. The second kappa shape index (κ2) is 6.23. The molecule has 0 saturated carbocycles. The summed E-state index contributed by atoms with van der Waals surface area (Å²) in [5.41, 5.74) is 4.68. The van der Waals surface area contributed by atoms with Crippen molar-refractivity contribution >= 4 is 22.9 Å². The lowest BCUT2D eigenvalue weighted by Crippen LogP contribution is -3.14. The van der Waals surface area contributed by atoms with E-state index in [1.807, 2.05) is 23.5 Å². The zero-order valence-electron chi connectivity index (χ0n) is 13.4. The minimum Gasteiger partial charge on any atom is -0.321 e. The molecule has 0 bridgehead atoms. The zero-order valence-corrected chi connectivity index (χ0v) is 14.2. The van der Waals surface area contributed by atoms with Gasteiger partial charge < -0.3 is 10.2 Å². The van der Waals surface area contributed by atoms with Crippen LogP contribution in [0.2, 0.25) is 0 Å². The summed E-state index contributed by atoms with van der Waals surface area (Å²) in [7, 11) is 0. The van der Waals surface area contributed by atoms with E-state index in [4.69, 9.17) is 0 Å². The van der Waals surface area contributed by atoms with Crippen LogP contribution in [-0.4, -0.2) is 19.0 Å². The van der Waals surface area contributed by atoms with Crippen molar-refractivity contribution in [2.75, 3.05) is 18.4 Å². The Bertz CT molecular complexity index is 672. The van der Waals surface area contributed by atoms with Crippen LogP contribution in [0.3, 0.4) is 0 Å². The van der Waals surface area contributed by atoms with Gasteiger partial charge in [-0.25, -0.2) is 0 Å². The van der Waals surface area contributed by atoms with Crippen molar-refractivity contribution < 1.29 is 9.69 Å². The lowest BCUT2D eigenvalue weighted by Gasteiger charge is -2.29. The molecule has 22 heavy (non-hydrogen) atoms. The standard InChI is InChI=1S/C18H22N2OS/c1-12-8-13(2)10-15(9-12)19-18(21)11-20-6-4-17-16(14(20)3)5-7-22-17/h5,7-10,14H,4,6,11H2,1-3H3,(H,19,21)/p+1/t14-/m1/s1. The first-order valence-corrected chi connectivity index (χ1v) is 8.70. The number of nitrogens with one attached hydrogen (secondary N) is 2. The highest BCUT2D eigenvalue weighted by molar-refractivity contribution is 7.10. The fraction of sp³-hybridized carbons (Fsp3) is 0.389. The molecule has 0 radical (unpaired) electrons. The Morgan fingerprint density at radius 1 is 1.32 bits per heavy atom. The number of carbonyl (C=O) groups excluding carboxylic acids is 1. The lowest BCUT2D eigenvalue weighted by molar-refractivity contribution is -0.923. The average molecular weight is 315 g/mol. The Morgan fingerprint density at radius 3 is 2.77 bits per heavy atom. The van der Waals surface area contributed by atoms with Gasteiger partial charge in [0.25, 0.3) is 5.91 Å². The number of thiophene rings is 1. The molecule has 0 fully saturated rings. The molecule has 1 aromatic carbocycles. The van der Waals surface area contributed by atoms with Gasteiger partial charge in [-0.15, -0.1) is 11.3 Å². The van der Waals surface area contributed by atoms with E-state index in [0.29, 0.717) is 12.6 Å². The topological polar surface area (TPSA) is 33.5 Å². The molecule has 1 unspecified atom stereocenters. The monoisotopic (exact) mass is 315 g/mol. The van der Waals surface area contributed by atoms with Crippen LogP contribution >= 0.6 is 11.3 Å². The van der Waals surface area contributed by atoms with Gasteiger partial charge in [0, 0.05) is 22.5 Å². The molecule has 0 spiro atoms. The third kappa shape index (κ3) is 3.23. The van der Waals surface area contributed by atoms with E-state index in [1.54, 1.807) is 0 Å². The summed E-state index contributed by atoms with van der Waals surface area (Å²) in [5, 5.41) is 5.22. The molecule has 2 heterocycles. The van der Waals surface area contributed by atoms with E-state index in [0.717, 1.165) is 18.7 Å². The second-order valence-corrected chi connectivity index (χ2v) is 7.28. The molecule has 2 aromatic rings. The number of hydrogen-bond acceptors (Lipinski definition) is 2. The molecule has 2 atom stereocenters. The molecule has 0 saturated heterocycles. The maximum absolute atomic E-state index is 12.4. The van der Waals surface area contributed by atoms with Crippen molar-refractivity contribution in [1.29, 1.82) is 0 Å². The Labute approximate surface area is 136 Å². The number of rotatable bonds is 3. The Hall–Kier alpha value is -1.65. The molecule has 1 aliphatic rings. The highest BCUT2D eigenvalue weighted by atomic mass is 32.1. The van der Waals surface area contributed by atoms with Crippen LogP contribution < -0.4 is 10.2 Å². The van der Waals surface area contributed by atoms with E-state index in [1.165, 1.54) is 26.5 Å². The Kier molecular flexibility index (Phi) is 4.32. The maximum atomic E-state index is 12.4. The van der Waals surface area contributed by atoms with Gasteiger partial charge in [0.1, 0.15) is 6.04 Å². The normalized spacial score (nSPS) is 20.5. The molecule has 1 aromatic heterocycles. The van der Waals surface area contributed by atoms with Crippen LogP contribution in [0.15, 0.2) is 29.6 Å². The highest BCUT2D eigenvalue weighted by Crippen LogP contribution is 2.24. The first-order chi connectivity index (χ1) is 10.5. The minimum absolute atomic E-state index is 0.102. The van der Waals surface area contributed by atoms with E-state index in [9.17, 15) is 4.79 Å². The summed E-state index contributed by atoms with van der Waals surface area (Å²) in [6, 6.07) is 8.78. The zero-order chi connectivity index (χ0) is 15.7. The number of hydrogen-bond donors (Lipinski definition) is 2. The van der Waals surface area contributed by atoms with E-state index in [-0.39, 0.29) is 5.91 Å². The minimum atomic E-state index is 0.102. The predicted molar refractivity (Wildman–Crippen MR) is 91.7 cm³/mol. The van der Waals surface area contributed by atoms with Gasteiger partial charge >= 0.3 is 0 Å². The third-order valence-corrected chi connectivity index (χ3v) is 5.42. The third-order valence-electron chi connectivity index (χ3n) is 4.42. The van der Waals surface area contributed by atoms with Crippen LogP contribution in [0.5, 0.6) is 0 Å². The molecule has 1 aliphatic heterocycles. The number of benzene rings is 1. The van der Waals surface area contributed by atoms with Gasteiger partial charge in [0.2, 0.25) is 0 Å². The molecule has 3 rings (SSSR count). The predicted octanol–water partition coefficient (Wildman–Crippen LogP) is 2.51. The summed E-state index contributed by atoms with van der Waals surface area (Å²) in [5.74, 6) is 0.102. The number of fused-ring (bicyclic) bond motifs is 1. The van der Waals surface area contributed by atoms with Gasteiger partial charge in [0.05, 0.1) is 6.54 Å². The Morgan fingerprint density at radius 2 is 2.05 bits per heavy atom. The molecule has 0 aliphatic carbocycles. The first kappa shape index (κ1) is 15.3. The van der Waals surface area contributed by atoms with Gasteiger partial charge in [-0.1, -0.05) is 6.07 Å². The summed E-state index contributed by atoms with van der Waals surface area (Å²) in [6.07, 6.45) is 1.09. The fourth-order valence-electron chi connectivity index (χ4n) is 3.35. The number of aryl methyl sites for hydroxylation is 2. The van der Waals surface area contributed by atoms with Gasteiger partial charge in [0.15, 0.2) is 6.54 Å². The van der Waals surface area contributed by atoms with Crippen molar-refractivity contribution in [2.24, 2.45) is 0 Å². The molecule has 116 valence electrons. The van der Waals surface area contributed by atoms with Crippen molar-refractivity contribution in [1.82, 2.24) is 0 Å². The summed E-state index contributed by atoms with van der Waals surface area (Å²) in [6.45, 7) is 7.90. The summed E-state index contributed by atoms with van der Waals surface area (Å²) < 4.78 is 0. The molecule has 2 N–H and O–H groups in total. The van der Waals surface area contributed by atoms with E-state index < -0.39 is 0 Å². The van der Waals surface area contributed by atoms with Crippen LogP contribution in [0.1, 0.15) is 34.5 Å². The van der Waals surface area contributed by atoms with Gasteiger partial charge in [-0.3, -0.25) is 4.79 Å². The lowest BCUT2D eigenvalue weighted by atomic mass is 10.0. The SMILES string of the molecule is Cc1cc(C)cc(NC(=O)C[NH+]2CCc3sccc3[C@H]2C)c1. The van der Waals surface area contributed by atoms with Crippen molar-refractivity contribution in [2.45, 2.75) is 33.2 Å². The molecular weight excluding hydrogens is 292 g/mol. The van der Waals surface area contributed by atoms with Crippen molar-refractivity contribution in [3.8, 4) is 0 Å². The van der Waals surface area contributed by atoms with Crippen LogP contribution in [0.25, 0.3) is 0 Å². The number of carbonyl (C=O) groups is 1. The molecule has 1 amide bonds. The highest BCUT2D eigenvalue weighted by Gasteiger charge is 2.29. The fourth-order valence-corrected chi connectivity index (χ4v) is 4.33. The van der Waals surface area contributed by atoms with Crippen LogP contribution in [-0.2, 0) is 11.2 Å². The van der Waals surface area contributed by atoms with E-state index in [2.05, 4.69) is 43.6 Å². The number of anilines is 1. The summed E-state index contributed by atoms with van der Waals surface area (Å²) >= 11 is 1.84. The summed E-state index contributed by atoms with van der Waals surface area (Å²) in [4.78, 5) is 15.2. The average Bonchev–Trinajstić information content (AvgIpc) is 2.90.